The molecular formula is C19H23N3O3. The molecule has 25 heavy (non-hydrogen) atoms. The first-order chi connectivity index (χ1) is 12.0. The van der Waals surface area contributed by atoms with Crippen molar-refractivity contribution in [2.45, 2.75) is 19.5 Å². The van der Waals surface area contributed by atoms with Gasteiger partial charge >= 0.3 is 0 Å². The van der Waals surface area contributed by atoms with E-state index in [1.165, 1.54) is 7.11 Å². The minimum absolute atomic E-state index is 0.165. The highest BCUT2D eigenvalue weighted by atomic mass is 16.5. The first kappa shape index (κ1) is 18.6. The Morgan fingerprint density at radius 1 is 1.16 bits per heavy atom. The van der Waals surface area contributed by atoms with E-state index in [1.54, 1.807) is 18.2 Å². The summed E-state index contributed by atoms with van der Waals surface area (Å²) >= 11 is 0. The Kier molecular flexibility index (Phi) is 6.68. The van der Waals surface area contributed by atoms with Crippen molar-refractivity contribution in [1.29, 1.82) is 0 Å². The normalized spacial score (nSPS) is 11.6. The third kappa shape index (κ3) is 5.70. The van der Waals surface area contributed by atoms with Crippen molar-refractivity contribution in [3.05, 3.63) is 65.2 Å². The molecule has 0 radical (unpaired) electrons. The average Bonchev–Trinajstić information content (AvgIpc) is 2.60. The molecule has 2 amide bonds. The van der Waals surface area contributed by atoms with Gasteiger partial charge in [0.15, 0.2) is 0 Å². The topological polar surface area (TPSA) is 93.4 Å². The zero-order valence-corrected chi connectivity index (χ0v) is 14.4. The molecule has 0 fully saturated rings. The van der Waals surface area contributed by atoms with Gasteiger partial charge in [-0.05, 0) is 36.8 Å². The average molecular weight is 341 g/mol. The Morgan fingerprint density at radius 3 is 2.56 bits per heavy atom. The fourth-order valence-electron chi connectivity index (χ4n) is 2.24. The summed E-state index contributed by atoms with van der Waals surface area (Å²) < 4.78 is 4.86. The largest absolute Gasteiger partial charge is 0.383 e. The van der Waals surface area contributed by atoms with Crippen molar-refractivity contribution in [2.24, 2.45) is 5.73 Å². The lowest BCUT2D eigenvalue weighted by Crippen LogP contribution is -2.43. The Bertz CT molecular complexity index is 729. The summed E-state index contributed by atoms with van der Waals surface area (Å²) in [5.74, 6) is -0.459. The van der Waals surface area contributed by atoms with E-state index in [1.807, 2.05) is 37.3 Å². The zero-order chi connectivity index (χ0) is 18.2. The van der Waals surface area contributed by atoms with Crippen LogP contribution in [-0.4, -0.2) is 31.6 Å². The van der Waals surface area contributed by atoms with Crippen LogP contribution in [0.25, 0.3) is 0 Å². The molecule has 0 saturated carbocycles. The van der Waals surface area contributed by atoms with Crippen LogP contribution in [0.3, 0.4) is 0 Å². The van der Waals surface area contributed by atoms with Crippen molar-refractivity contribution in [2.75, 3.05) is 19.0 Å². The minimum atomic E-state index is -0.700. The second-order valence-electron chi connectivity index (χ2n) is 5.80. The van der Waals surface area contributed by atoms with Crippen LogP contribution in [0, 0.1) is 6.92 Å². The van der Waals surface area contributed by atoms with Crippen LogP contribution in [0.15, 0.2) is 48.5 Å². The fourth-order valence-corrected chi connectivity index (χ4v) is 2.24. The van der Waals surface area contributed by atoms with Crippen molar-refractivity contribution in [3.8, 4) is 0 Å². The highest BCUT2D eigenvalue weighted by molar-refractivity contribution is 6.04. The molecule has 0 heterocycles. The third-order valence-corrected chi connectivity index (χ3v) is 3.65. The first-order valence-corrected chi connectivity index (χ1v) is 7.99. The molecule has 0 aliphatic rings. The van der Waals surface area contributed by atoms with Crippen molar-refractivity contribution < 1.29 is 14.3 Å². The lowest BCUT2D eigenvalue weighted by molar-refractivity contribution is -0.123. The molecule has 132 valence electrons. The predicted molar refractivity (Wildman–Crippen MR) is 97.3 cm³/mol. The van der Waals surface area contributed by atoms with Crippen LogP contribution in [0.1, 0.15) is 21.5 Å². The number of hydrogen-bond acceptors (Lipinski definition) is 4. The number of anilines is 1. The zero-order valence-electron chi connectivity index (χ0n) is 14.4. The molecule has 0 saturated heterocycles. The van der Waals surface area contributed by atoms with Gasteiger partial charge in [-0.25, -0.2) is 0 Å². The Balaban J connectivity index is 1.95. The van der Waals surface area contributed by atoms with Gasteiger partial charge in [-0.2, -0.15) is 0 Å². The van der Waals surface area contributed by atoms with Crippen LogP contribution in [0.4, 0.5) is 5.69 Å². The van der Waals surface area contributed by atoms with Crippen LogP contribution in [0.2, 0.25) is 0 Å². The number of amides is 2. The highest BCUT2D eigenvalue weighted by Gasteiger charge is 2.12. The summed E-state index contributed by atoms with van der Waals surface area (Å²) in [6.45, 7) is 2.46. The number of rotatable bonds is 7. The molecular weight excluding hydrogens is 318 g/mol. The molecule has 0 aliphatic heterocycles. The van der Waals surface area contributed by atoms with Gasteiger partial charge in [0, 0.05) is 24.9 Å². The van der Waals surface area contributed by atoms with Crippen molar-refractivity contribution in [1.82, 2.24) is 5.32 Å². The number of benzene rings is 2. The van der Waals surface area contributed by atoms with Crippen LogP contribution >= 0.6 is 0 Å². The summed E-state index contributed by atoms with van der Waals surface area (Å²) in [4.78, 5) is 24.0. The lowest BCUT2D eigenvalue weighted by atomic mass is 10.1. The molecule has 0 aliphatic carbocycles. The third-order valence-electron chi connectivity index (χ3n) is 3.65. The molecule has 6 nitrogen and oxygen atoms in total. The number of aryl methyl sites for hydroxylation is 1. The highest BCUT2D eigenvalue weighted by Crippen LogP contribution is 2.13. The van der Waals surface area contributed by atoms with Crippen molar-refractivity contribution >= 4 is 17.5 Å². The van der Waals surface area contributed by atoms with E-state index >= 15 is 0 Å². The molecule has 4 N–H and O–H groups in total. The summed E-state index contributed by atoms with van der Waals surface area (Å²) in [5, 5.41) is 5.60. The van der Waals surface area contributed by atoms with Gasteiger partial charge in [0.2, 0.25) is 5.91 Å². The number of carbonyl (C=O) groups excluding carboxylic acids is 2. The minimum Gasteiger partial charge on any atom is -0.383 e. The maximum Gasteiger partial charge on any atom is 0.255 e. The van der Waals surface area contributed by atoms with E-state index in [0.29, 0.717) is 17.8 Å². The first-order valence-electron chi connectivity index (χ1n) is 7.99. The van der Waals surface area contributed by atoms with Crippen LogP contribution in [0.5, 0.6) is 0 Å². The number of methoxy groups -OCH3 is 1. The molecule has 1 atom stereocenters. The summed E-state index contributed by atoms with van der Waals surface area (Å²) in [7, 11) is 1.49. The molecule has 0 aromatic heterocycles. The Labute approximate surface area is 147 Å². The van der Waals surface area contributed by atoms with E-state index in [2.05, 4.69) is 10.6 Å². The van der Waals surface area contributed by atoms with Gasteiger partial charge < -0.3 is 21.1 Å². The standard InChI is InChI=1S/C19H23N3O3/c1-13-6-8-15(9-7-13)18(23)22-16-5-3-4-14(10-16)11-21-19(24)17(20)12-25-2/h3-10,17H,11-12,20H2,1-2H3,(H,21,24)(H,22,23). The Hall–Kier alpha value is -2.70. The van der Waals surface area contributed by atoms with E-state index in [4.69, 9.17) is 10.5 Å². The molecule has 2 aromatic rings. The lowest BCUT2D eigenvalue weighted by Gasteiger charge is -2.12. The van der Waals surface area contributed by atoms with Gasteiger partial charge in [0.05, 0.1) is 6.61 Å². The van der Waals surface area contributed by atoms with E-state index < -0.39 is 6.04 Å². The Morgan fingerprint density at radius 2 is 1.88 bits per heavy atom. The number of ether oxygens (including phenoxy) is 1. The van der Waals surface area contributed by atoms with Gasteiger partial charge in [-0.3, -0.25) is 9.59 Å². The SMILES string of the molecule is COCC(N)C(=O)NCc1cccc(NC(=O)c2ccc(C)cc2)c1. The molecule has 2 rings (SSSR count). The monoisotopic (exact) mass is 341 g/mol. The molecule has 0 bridgehead atoms. The summed E-state index contributed by atoms with van der Waals surface area (Å²) in [6.07, 6.45) is 0. The van der Waals surface area contributed by atoms with E-state index in [0.717, 1.165) is 11.1 Å². The van der Waals surface area contributed by atoms with E-state index in [-0.39, 0.29) is 18.4 Å². The quantitative estimate of drug-likeness (QED) is 0.716. The smallest absolute Gasteiger partial charge is 0.255 e. The summed E-state index contributed by atoms with van der Waals surface area (Å²) in [6, 6.07) is 14.0. The van der Waals surface area contributed by atoms with Crippen LogP contribution < -0.4 is 16.4 Å². The number of nitrogens with one attached hydrogen (secondary N) is 2. The van der Waals surface area contributed by atoms with Gasteiger partial charge in [0.1, 0.15) is 6.04 Å². The molecule has 2 aromatic carbocycles. The maximum absolute atomic E-state index is 12.3. The number of carbonyl (C=O) groups is 2. The van der Waals surface area contributed by atoms with Gasteiger partial charge in [-0.1, -0.05) is 29.8 Å². The predicted octanol–water partition coefficient (Wildman–Crippen LogP) is 1.84. The van der Waals surface area contributed by atoms with Crippen molar-refractivity contribution in [3.63, 3.8) is 0 Å². The number of hydrogen-bond donors (Lipinski definition) is 3. The van der Waals surface area contributed by atoms with Gasteiger partial charge in [0.25, 0.3) is 5.91 Å². The second-order valence-corrected chi connectivity index (χ2v) is 5.80. The molecule has 0 spiro atoms. The number of nitrogens with two attached hydrogens (primary N) is 1. The maximum atomic E-state index is 12.3. The molecule has 1 unspecified atom stereocenters. The summed E-state index contributed by atoms with van der Waals surface area (Å²) in [5.41, 5.74) is 8.89. The van der Waals surface area contributed by atoms with E-state index in [9.17, 15) is 9.59 Å². The van der Waals surface area contributed by atoms with Crippen LogP contribution in [-0.2, 0) is 16.1 Å². The fraction of sp³-hybridized carbons (Fsp3) is 0.263. The molecule has 6 heteroatoms. The second kappa shape index (κ2) is 8.96. The van der Waals surface area contributed by atoms with Gasteiger partial charge in [-0.15, -0.1) is 0 Å².